The number of methoxy groups -OCH3 is 1. The van der Waals surface area contributed by atoms with Crippen LogP contribution < -0.4 is 15.2 Å². The van der Waals surface area contributed by atoms with Gasteiger partial charge in [-0.05, 0) is 29.3 Å². The van der Waals surface area contributed by atoms with Crippen LogP contribution in [0.4, 0.5) is 5.69 Å². The van der Waals surface area contributed by atoms with E-state index < -0.39 is 0 Å². The minimum Gasteiger partial charge on any atom is -0.494 e. The van der Waals surface area contributed by atoms with Crippen LogP contribution >= 0.6 is 0 Å². The number of para-hydroxylation sites is 1. The van der Waals surface area contributed by atoms with Gasteiger partial charge in [-0.25, -0.2) is 0 Å². The average molecular weight is 305 g/mol. The molecule has 23 heavy (non-hydrogen) atoms. The Hall–Kier alpha value is -2.94. The van der Waals surface area contributed by atoms with E-state index in [-0.39, 0.29) is 0 Å². The first-order valence-corrected chi connectivity index (χ1v) is 7.47. The number of nitrogens with two attached hydrogens (primary N) is 1. The first-order chi connectivity index (χ1) is 11.3. The Kier molecular flexibility index (Phi) is 4.48. The summed E-state index contributed by atoms with van der Waals surface area (Å²) in [6.45, 7) is 0.540. The lowest BCUT2D eigenvalue weighted by atomic mass is 10.0. The quantitative estimate of drug-likeness (QED) is 0.705. The molecule has 0 saturated heterocycles. The fraction of sp³-hybridized carbons (Fsp3) is 0.100. The molecule has 2 N–H and O–H groups in total. The highest BCUT2D eigenvalue weighted by molar-refractivity contribution is 5.77. The van der Waals surface area contributed by atoms with E-state index in [0.717, 1.165) is 22.4 Å². The highest BCUT2D eigenvalue weighted by Gasteiger charge is 2.09. The van der Waals surface area contributed by atoms with Gasteiger partial charge in [0.15, 0.2) is 0 Å². The Labute approximate surface area is 136 Å². The third-order valence-electron chi connectivity index (χ3n) is 3.64. The summed E-state index contributed by atoms with van der Waals surface area (Å²) in [5, 5.41) is 0. The summed E-state index contributed by atoms with van der Waals surface area (Å²) in [6.07, 6.45) is 0. The second kappa shape index (κ2) is 6.88. The van der Waals surface area contributed by atoms with Gasteiger partial charge in [-0.2, -0.15) is 0 Å². The van der Waals surface area contributed by atoms with Crippen LogP contribution in [0.5, 0.6) is 11.5 Å². The number of anilines is 1. The molecule has 3 heteroatoms. The smallest absolute Gasteiger partial charge is 0.149 e. The van der Waals surface area contributed by atoms with Crippen molar-refractivity contribution < 1.29 is 9.47 Å². The lowest BCUT2D eigenvalue weighted by Crippen LogP contribution is -1.96. The van der Waals surface area contributed by atoms with Crippen molar-refractivity contribution in [2.45, 2.75) is 6.61 Å². The van der Waals surface area contributed by atoms with Crippen molar-refractivity contribution in [3.63, 3.8) is 0 Å². The van der Waals surface area contributed by atoms with Gasteiger partial charge in [0.05, 0.1) is 12.8 Å². The summed E-state index contributed by atoms with van der Waals surface area (Å²) in [4.78, 5) is 0. The number of hydrogen-bond acceptors (Lipinski definition) is 3. The molecule has 0 atom stereocenters. The first-order valence-electron chi connectivity index (χ1n) is 7.47. The molecule has 0 amide bonds. The molecule has 3 nitrogen and oxygen atoms in total. The van der Waals surface area contributed by atoms with Crippen LogP contribution in [0.3, 0.4) is 0 Å². The summed E-state index contributed by atoms with van der Waals surface area (Å²) in [5.74, 6) is 1.50. The van der Waals surface area contributed by atoms with Gasteiger partial charge in [-0.3, -0.25) is 0 Å². The zero-order chi connectivity index (χ0) is 16.1. The van der Waals surface area contributed by atoms with E-state index in [0.29, 0.717) is 18.0 Å². The maximum Gasteiger partial charge on any atom is 0.149 e. The third kappa shape index (κ3) is 3.46. The number of ether oxygens (including phenoxy) is 2. The molecule has 3 aromatic carbocycles. The molecule has 0 aliphatic carbocycles. The van der Waals surface area contributed by atoms with Crippen LogP contribution in [0.1, 0.15) is 5.56 Å². The SMILES string of the molecule is COc1c(N)cccc1-c1cccc(OCc2ccccc2)c1. The van der Waals surface area contributed by atoms with E-state index in [4.69, 9.17) is 15.2 Å². The van der Waals surface area contributed by atoms with Crippen LogP contribution in [0.25, 0.3) is 11.1 Å². The average Bonchev–Trinajstić information content (AvgIpc) is 2.61. The summed E-state index contributed by atoms with van der Waals surface area (Å²) >= 11 is 0. The second-order valence-corrected chi connectivity index (χ2v) is 5.23. The van der Waals surface area contributed by atoms with Gasteiger partial charge >= 0.3 is 0 Å². The van der Waals surface area contributed by atoms with Crippen LogP contribution in [0.2, 0.25) is 0 Å². The second-order valence-electron chi connectivity index (χ2n) is 5.23. The minimum absolute atomic E-state index is 0.540. The Bertz CT molecular complexity index is 785. The van der Waals surface area contributed by atoms with Crippen molar-refractivity contribution in [3.05, 3.63) is 78.4 Å². The largest absolute Gasteiger partial charge is 0.494 e. The molecule has 0 aliphatic rings. The standard InChI is InChI=1S/C20H19NO2/c1-22-20-18(11-6-12-19(20)21)16-9-5-10-17(13-16)23-14-15-7-3-2-4-8-15/h2-13H,14,21H2,1H3. The number of benzene rings is 3. The lowest BCUT2D eigenvalue weighted by molar-refractivity contribution is 0.306. The Morgan fingerprint density at radius 2 is 1.65 bits per heavy atom. The Morgan fingerprint density at radius 3 is 2.43 bits per heavy atom. The van der Waals surface area contributed by atoms with Gasteiger partial charge in [0.2, 0.25) is 0 Å². The fourth-order valence-corrected chi connectivity index (χ4v) is 2.50. The maximum atomic E-state index is 5.99. The molecule has 0 fully saturated rings. The molecule has 0 unspecified atom stereocenters. The van der Waals surface area contributed by atoms with Crippen molar-refractivity contribution in [1.82, 2.24) is 0 Å². The van der Waals surface area contributed by atoms with Crippen LogP contribution in [0, 0.1) is 0 Å². The van der Waals surface area contributed by atoms with Gasteiger partial charge in [0.25, 0.3) is 0 Å². The van der Waals surface area contributed by atoms with Crippen LogP contribution in [-0.4, -0.2) is 7.11 Å². The van der Waals surface area contributed by atoms with E-state index in [9.17, 15) is 0 Å². The Balaban J connectivity index is 1.84. The zero-order valence-corrected chi connectivity index (χ0v) is 13.0. The molecule has 0 radical (unpaired) electrons. The van der Waals surface area contributed by atoms with Crippen molar-refractivity contribution >= 4 is 5.69 Å². The van der Waals surface area contributed by atoms with Crippen molar-refractivity contribution in [3.8, 4) is 22.6 Å². The molecule has 3 rings (SSSR count). The zero-order valence-electron chi connectivity index (χ0n) is 13.0. The van der Waals surface area contributed by atoms with E-state index >= 15 is 0 Å². The molecule has 0 bridgehead atoms. The van der Waals surface area contributed by atoms with Gasteiger partial charge < -0.3 is 15.2 Å². The highest BCUT2D eigenvalue weighted by Crippen LogP contribution is 2.35. The van der Waals surface area contributed by atoms with E-state index in [1.165, 1.54) is 0 Å². The van der Waals surface area contributed by atoms with E-state index in [2.05, 4.69) is 0 Å². The molecule has 3 aromatic rings. The predicted molar refractivity (Wildman–Crippen MR) is 93.6 cm³/mol. The highest BCUT2D eigenvalue weighted by atomic mass is 16.5. The Morgan fingerprint density at radius 1 is 0.870 bits per heavy atom. The van der Waals surface area contributed by atoms with E-state index in [1.807, 2.05) is 72.8 Å². The predicted octanol–water partition coefficient (Wildman–Crippen LogP) is 4.52. The summed E-state index contributed by atoms with van der Waals surface area (Å²) < 4.78 is 11.3. The van der Waals surface area contributed by atoms with E-state index in [1.54, 1.807) is 7.11 Å². The normalized spacial score (nSPS) is 10.3. The molecule has 116 valence electrons. The molecular weight excluding hydrogens is 286 g/mol. The minimum atomic E-state index is 0.540. The van der Waals surface area contributed by atoms with Crippen LogP contribution in [-0.2, 0) is 6.61 Å². The molecule has 0 spiro atoms. The molecule has 0 aromatic heterocycles. The number of hydrogen-bond donors (Lipinski definition) is 1. The van der Waals surface area contributed by atoms with Gasteiger partial charge in [0, 0.05) is 5.56 Å². The van der Waals surface area contributed by atoms with Crippen molar-refractivity contribution in [1.29, 1.82) is 0 Å². The van der Waals surface area contributed by atoms with Gasteiger partial charge in [-0.15, -0.1) is 0 Å². The summed E-state index contributed by atoms with van der Waals surface area (Å²) in [6, 6.07) is 23.8. The third-order valence-corrected chi connectivity index (χ3v) is 3.64. The maximum absolute atomic E-state index is 5.99. The first kappa shape index (κ1) is 15.0. The molecule has 0 heterocycles. The van der Waals surface area contributed by atoms with Gasteiger partial charge in [0.1, 0.15) is 18.1 Å². The monoisotopic (exact) mass is 305 g/mol. The summed E-state index contributed by atoms with van der Waals surface area (Å²) in [7, 11) is 1.63. The number of rotatable bonds is 5. The van der Waals surface area contributed by atoms with Crippen LogP contribution in [0.15, 0.2) is 72.8 Å². The topological polar surface area (TPSA) is 44.5 Å². The fourth-order valence-electron chi connectivity index (χ4n) is 2.50. The molecule has 0 saturated carbocycles. The number of nitrogen functional groups attached to an aromatic ring is 1. The van der Waals surface area contributed by atoms with Gasteiger partial charge in [-0.1, -0.05) is 54.6 Å². The lowest BCUT2D eigenvalue weighted by Gasteiger charge is -2.12. The van der Waals surface area contributed by atoms with Crippen molar-refractivity contribution in [2.75, 3.05) is 12.8 Å². The molecular formula is C20H19NO2. The molecule has 0 aliphatic heterocycles. The summed E-state index contributed by atoms with van der Waals surface area (Å²) in [5.41, 5.74) is 9.72. The van der Waals surface area contributed by atoms with Crippen molar-refractivity contribution in [2.24, 2.45) is 0 Å².